The van der Waals surface area contributed by atoms with Crippen LogP contribution in [0.15, 0.2) is 229 Å². The summed E-state index contributed by atoms with van der Waals surface area (Å²) < 4.78 is 134. The highest BCUT2D eigenvalue weighted by molar-refractivity contribution is 6.11. The number of benzene rings is 10. The van der Waals surface area contributed by atoms with Crippen molar-refractivity contribution >= 4 is 60.5 Å². The van der Waals surface area contributed by atoms with Gasteiger partial charge in [-0.1, -0.05) is 176 Å². The average molecular weight is 754 g/mol. The monoisotopic (exact) mass is 753 g/mol. The van der Waals surface area contributed by atoms with Crippen molar-refractivity contribution in [1.29, 1.82) is 0 Å². The summed E-state index contributed by atoms with van der Waals surface area (Å²) in [5.41, 5.74) is 3.60. The minimum absolute atomic E-state index is 0.190. The molecule has 1 aromatic heterocycles. The molecule has 10 aromatic carbocycles. The lowest BCUT2D eigenvalue weighted by atomic mass is 9.93. The highest BCUT2D eigenvalue weighted by Gasteiger charge is 2.20. The minimum Gasteiger partial charge on any atom is -0.455 e. The van der Waals surface area contributed by atoms with E-state index in [0.717, 1.165) is 44.5 Å². The van der Waals surface area contributed by atoms with Gasteiger partial charge in [0.1, 0.15) is 11.2 Å². The molecule has 272 valence electrons. The van der Waals surface area contributed by atoms with Crippen LogP contribution in [0.1, 0.15) is 19.2 Å². The Morgan fingerprint density at radius 1 is 0.379 bits per heavy atom. The molecule has 0 unspecified atom stereocenters. The van der Waals surface area contributed by atoms with Crippen LogP contribution in [0.3, 0.4) is 0 Å². The number of fused-ring (bicyclic) bond motifs is 5. The minimum atomic E-state index is -0.736. The van der Waals surface area contributed by atoms with Crippen molar-refractivity contribution in [2.75, 3.05) is 4.90 Å². The van der Waals surface area contributed by atoms with Crippen LogP contribution < -0.4 is 4.90 Å². The molecule has 0 radical (unpaired) electrons. The number of hydrogen-bond donors (Lipinski definition) is 0. The second-order valence-corrected chi connectivity index (χ2v) is 13.8. The van der Waals surface area contributed by atoms with Crippen molar-refractivity contribution in [3.8, 4) is 44.5 Å². The fourth-order valence-corrected chi connectivity index (χ4v) is 7.74. The van der Waals surface area contributed by atoms with Gasteiger partial charge in [-0.05, 0) is 97.5 Å². The molecule has 0 bridgehead atoms. The van der Waals surface area contributed by atoms with Crippen molar-refractivity contribution in [2.24, 2.45) is 0 Å². The molecule has 2 nitrogen and oxygen atoms in total. The summed E-state index contributed by atoms with van der Waals surface area (Å²) in [5.74, 6) is 0. The van der Waals surface area contributed by atoms with E-state index in [9.17, 15) is 8.22 Å². The lowest BCUT2D eigenvalue weighted by molar-refractivity contribution is 0.670. The molecule has 0 saturated heterocycles. The average Bonchev–Trinajstić information content (AvgIpc) is 3.78. The van der Waals surface area contributed by atoms with E-state index in [1.165, 1.54) is 0 Å². The van der Waals surface area contributed by atoms with Crippen LogP contribution in [-0.4, -0.2) is 0 Å². The van der Waals surface area contributed by atoms with Crippen LogP contribution in [0, 0.1) is 0 Å². The molecule has 0 atom stereocenters. The van der Waals surface area contributed by atoms with Crippen LogP contribution in [0.5, 0.6) is 0 Å². The first-order valence-electron chi connectivity index (χ1n) is 25.7. The molecule has 11 aromatic rings. The van der Waals surface area contributed by atoms with Gasteiger partial charge in [0.2, 0.25) is 0 Å². The number of hydrogen-bond acceptors (Lipinski definition) is 2. The van der Waals surface area contributed by atoms with Gasteiger partial charge in [-0.2, -0.15) is 0 Å². The Bertz CT molecular complexity index is 4040. The van der Waals surface area contributed by atoms with Gasteiger partial charge >= 0.3 is 0 Å². The Kier molecular flexibility index (Phi) is 5.39. The smallest absolute Gasteiger partial charge is 0.143 e. The quantitative estimate of drug-likeness (QED) is 0.161. The second-order valence-electron chi connectivity index (χ2n) is 13.8. The summed E-state index contributed by atoms with van der Waals surface area (Å²) in [5, 5.41) is 2.66. The third-order valence-electron chi connectivity index (χ3n) is 10.4. The van der Waals surface area contributed by atoms with E-state index in [1.54, 1.807) is 11.0 Å². The molecule has 0 N–H and O–H groups in total. The first kappa shape index (κ1) is 22.2. The van der Waals surface area contributed by atoms with Crippen LogP contribution in [0.4, 0.5) is 17.1 Å². The number of furan rings is 1. The maximum atomic E-state index is 9.88. The zero-order chi connectivity index (χ0) is 50.6. The summed E-state index contributed by atoms with van der Waals surface area (Å²) in [7, 11) is 0. The molecular formula is C56H37NO. The number of nitrogens with zero attached hydrogens (tertiary/aromatic N) is 1. The van der Waals surface area contributed by atoms with Crippen molar-refractivity contribution in [2.45, 2.75) is 0 Å². The van der Waals surface area contributed by atoms with Gasteiger partial charge in [-0.3, -0.25) is 0 Å². The van der Waals surface area contributed by atoms with Gasteiger partial charge in [-0.25, -0.2) is 0 Å². The Hall–Kier alpha value is -7.68. The maximum absolute atomic E-state index is 9.88. The third kappa shape index (κ3) is 5.82. The normalized spacial score (nSPS) is 14.8. The number of anilines is 3. The fraction of sp³-hybridized carbons (Fsp3) is 0. The fourth-order valence-electron chi connectivity index (χ4n) is 7.74. The van der Waals surface area contributed by atoms with Crippen LogP contribution in [-0.2, 0) is 0 Å². The molecule has 11 rings (SSSR count). The number of rotatable bonds is 7. The predicted octanol–water partition coefficient (Wildman–Crippen LogP) is 16.0. The molecule has 0 saturated carbocycles. The second kappa shape index (κ2) is 14.1. The lowest BCUT2D eigenvalue weighted by Crippen LogP contribution is -2.10. The van der Waals surface area contributed by atoms with Gasteiger partial charge in [0.15, 0.2) is 0 Å². The van der Waals surface area contributed by atoms with Crippen molar-refractivity contribution in [3.05, 3.63) is 224 Å². The largest absolute Gasteiger partial charge is 0.455 e. The Morgan fingerprint density at radius 3 is 1.88 bits per heavy atom. The SMILES string of the molecule is [2H]c1cc2c(-c3c([2H])c([2H])c([2H])c([2H])c3[2H])c([2H])c(-c3c([2H])c([2H])c(N(c4ccc5c(c4)oc4c(-c6ccccc6)cccc45)c4ccc(-c5ccccc5)c5ccccc45)c([2H])c3[2H])c([2H])c2c([2H])c1[2H]. The van der Waals surface area contributed by atoms with Crippen molar-refractivity contribution in [3.63, 3.8) is 0 Å². The molecule has 0 amide bonds. The van der Waals surface area contributed by atoms with E-state index in [-0.39, 0.29) is 16.5 Å². The van der Waals surface area contributed by atoms with E-state index in [1.807, 2.05) is 127 Å². The van der Waals surface area contributed by atoms with Crippen LogP contribution in [0.25, 0.3) is 88.0 Å². The van der Waals surface area contributed by atoms with Crippen LogP contribution >= 0.6 is 0 Å². The van der Waals surface area contributed by atoms with Gasteiger partial charge in [-0.15, -0.1) is 0 Å². The van der Waals surface area contributed by atoms with Gasteiger partial charge < -0.3 is 9.32 Å². The van der Waals surface area contributed by atoms with Crippen LogP contribution in [0.2, 0.25) is 0 Å². The van der Waals surface area contributed by atoms with Crippen molar-refractivity contribution in [1.82, 2.24) is 0 Å². The third-order valence-corrected chi connectivity index (χ3v) is 10.4. The first-order valence-corrected chi connectivity index (χ1v) is 18.7. The molecule has 0 aliphatic carbocycles. The molecule has 0 aliphatic rings. The predicted molar refractivity (Wildman–Crippen MR) is 245 cm³/mol. The Balaban J connectivity index is 1.21. The standard InChI is InChI=1S/C56H37NO/c1-4-15-39(16-5-1)47-33-34-54(50-24-13-12-23-49(47)50)57(45-31-32-51-52-26-14-25-48(40-17-6-2-7-18-40)56(52)58-55(51)37-45)44-29-27-38(28-30-44)43-35-42-21-10-11-22-46(42)53(36-43)41-19-8-3-9-20-41/h1-37H/i3D,8D,9D,10D,11D,19D,20D,21D,27D,28D,29D,30D,35D,36D. The summed E-state index contributed by atoms with van der Waals surface area (Å²) in [6, 6.07) is 34.4. The first-order chi connectivity index (χ1) is 34.6. The molecule has 2 heteroatoms. The zero-order valence-electron chi connectivity index (χ0n) is 44.6. The molecule has 0 spiro atoms. The molecular weight excluding hydrogens is 703 g/mol. The molecule has 0 aliphatic heterocycles. The maximum Gasteiger partial charge on any atom is 0.143 e. The Labute approximate surface area is 357 Å². The van der Waals surface area contributed by atoms with Gasteiger partial charge in [0.25, 0.3) is 0 Å². The van der Waals surface area contributed by atoms with Gasteiger partial charge in [0, 0.05) is 39.2 Å². The van der Waals surface area contributed by atoms with Gasteiger partial charge in [0.05, 0.1) is 24.9 Å². The molecule has 0 fully saturated rings. The molecule has 58 heavy (non-hydrogen) atoms. The summed E-state index contributed by atoms with van der Waals surface area (Å²) in [6.45, 7) is 0. The zero-order valence-corrected chi connectivity index (χ0v) is 30.6. The highest BCUT2D eigenvalue weighted by Crippen LogP contribution is 2.45. The number of para-hydroxylation sites is 1. The van der Waals surface area contributed by atoms with E-state index in [4.69, 9.17) is 15.4 Å². The summed E-state index contributed by atoms with van der Waals surface area (Å²) in [4.78, 5) is 1.64. The topological polar surface area (TPSA) is 16.4 Å². The lowest BCUT2D eigenvalue weighted by Gasteiger charge is -2.27. The van der Waals surface area contributed by atoms with E-state index in [2.05, 4.69) is 0 Å². The van der Waals surface area contributed by atoms with E-state index in [0.29, 0.717) is 27.9 Å². The highest BCUT2D eigenvalue weighted by atomic mass is 16.3. The summed E-state index contributed by atoms with van der Waals surface area (Å²) >= 11 is 0. The summed E-state index contributed by atoms with van der Waals surface area (Å²) in [6.07, 6.45) is 0. The van der Waals surface area contributed by atoms with E-state index >= 15 is 0 Å². The van der Waals surface area contributed by atoms with Crippen molar-refractivity contribution < 1.29 is 23.6 Å². The van der Waals surface area contributed by atoms with E-state index < -0.39 is 107 Å². The Morgan fingerprint density at radius 2 is 1.09 bits per heavy atom. The molecule has 1 heterocycles.